The first-order valence-corrected chi connectivity index (χ1v) is 8.94. The van der Waals surface area contributed by atoms with Crippen LogP contribution in [0.5, 0.6) is 0 Å². The molecule has 1 saturated heterocycles. The van der Waals surface area contributed by atoms with Crippen LogP contribution in [0.1, 0.15) is 20.8 Å². The van der Waals surface area contributed by atoms with Gasteiger partial charge in [-0.15, -0.1) is 0 Å². The van der Waals surface area contributed by atoms with Crippen LogP contribution in [0.25, 0.3) is 11.0 Å². The van der Waals surface area contributed by atoms with Crippen molar-refractivity contribution in [2.75, 3.05) is 24.5 Å². The number of non-ortho nitro benzene ring substituents is 1. The molecule has 0 radical (unpaired) electrons. The Kier molecular flexibility index (Phi) is 5.23. The van der Waals surface area contributed by atoms with Crippen molar-refractivity contribution in [2.24, 2.45) is 0 Å². The first-order valence-electron chi connectivity index (χ1n) is 8.94. The quantitative estimate of drug-likeness (QED) is 0.602. The van der Waals surface area contributed by atoms with Gasteiger partial charge in [0, 0.05) is 25.2 Å². The van der Waals surface area contributed by atoms with Crippen LogP contribution in [0, 0.1) is 10.1 Å². The zero-order valence-corrected chi connectivity index (χ0v) is 16.2. The van der Waals surface area contributed by atoms with E-state index in [1.54, 1.807) is 25.7 Å². The summed E-state index contributed by atoms with van der Waals surface area (Å²) < 4.78 is 5.33. The van der Waals surface area contributed by atoms with Crippen LogP contribution in [-0.4, -0.2) is 68.2 Å². The van der Waals surface area contributed by atoms with Crippen molar-refractivity contribution in [1.29, 1.82) is 0 Å². The fraction of sp³-hybridized carbons (Fsp3) is 0.444. The SMILES string of the molecule is CC(C)(C)OC(=O)N1CCN(c2cnc3cc([N+](=O)[O-])ccc3n2)[C@@H](C(=O)O)C1. The molecule has 1 aromatic carbocycles. The number of carboxylic acid groups (broad SMARTS) is 1. The lowest BCUT2D eigenvalue weighted by Crippen LogP contribution is -2.58. The van der Waals surface area contributed by atoms with Gasteiger partial charge in [0.2, 0.25) is 0 Å². The number of carboxylic acids is 1. The van der Waals surface area contributed by atoms with E-state index < -0.39 is 28.6 Å². The van der Waals surface area contributed by atoms with Crippen molar-refractivity contribution < 1.29 is 24.4 Å². The van der Waals surface area contributed by atoms with Crippen LogP contribution in [0.4, 0.5) is 16.3 Å². The summed E-state index contributed by atoms with van der Waals surface area (Å²) in [6.07, 6.45) is 0.811. The Morgan fingerprint density at radius 2 is 2.00 bits per heavy atom. The first kappa shape index (κ1) is 20.2. The van der Waals surface area contributed by atoms with Crippen LogP contribution in [0.3, 0.4) is 0 Å². The fourth-order valence-corrected chi connectivity index (χ4v) is 3.00. The molecule has 1 fully saturated rings. The standard InChI is InChI=1S/C18H21N5O6/c1-18(2,3)29-17(26)21-6-7-22(14(10-21)16(24)25)15-9-19-13-8-11(23(27)28)4-5-12(13)20-15/h4-5,8-9,14H,6-7,10H2,1-3H3,(H,24,25)/t14-/m1/s1. The number of nitro benzene ring substituents is 1. The van der Waals surface area contributed by atoms with Gasteiger partial charge in [0.1, 0.15) is 17.5 Å². The lowest BCUT2D eigenvalue weighted by molar-refractivity contribution is -0.384. The summed E-state index contributed by atoms with van der Waals surface area (Å²) in [6.45, 7) is 5.65. The highest BCUT2D eigenvalue weighted by molar-refractivity contribution is 5.82. The van der Waals surface area contributed by atoms with E-state index in [9.17, 15) is 24.8 Å². The number of fused-ring (bicyclic) bond motifs is 1. The molecule has 0 unspecified atom stereocenters. The highest BCUT2D eigenvalue weighted by atomic mass is 16.6. The van der Waals surface area contributed by atoms with Gasteiger partial charge in [0.05, 0.1) is 28.7 Å². The topological polar surface area (TPSA) is 139 Å². The van der Waals surface area contributed by atoms with E-state index in [1.807, 2.05) is 0 Å². The molecule has 154 valence electrons. The van der Waals surface area contributed by atoms with Gasteiger partial charge in [0.15, 0.2) is 0 Å². The summed E-state index contributed by atoms with van der Waals surface area (Å²) in [5.41, 5.74) is -0.0395. The Morgan fingerprint density at radius 1 is 1.28 bits per heavy atom. The molecule has 0 spiro atoms. The monoisotopic (exact) mass is 403 g/mol. The van der Waals surface area contributed by atoms with Crippen molar-refractivity contribution in [3.05, 3.63) is 34.5 Å². The van der Waals surface area contributed by atoms with E-state index in [1.165, 1.54) is 29.3 Å². The second-order valence-electron chi connectivity index (χ2n) is 7.63. The average molecular weight is 403 g/mol. The molecule has 0 saturated carbocycles. The molecule has 1 aliphatic heterocycles. The van der Waals surface area contributed by atoms with Crippen LogP contribution < -0.4 is 4.90 Å². The van der Waals surface area contributed by atoms with Crippen molar-refractivity contribution in [2.45, 2.75) is 32.4 Å². The maximum Gasteiger partial charge on any atom is 0.410 e. The summed E-state index contributed by atoms with van der Waals surface area (Å²) in [5.74, 6) is -0.786. The number of amides is 1. The third-order valence-corrected chi connectivity index (χ3v) is 4.34. The number of aromatic nitrogens is 2. The second kappa shape index (κ2) is 7.49. The minimum atomic E-state index is -1.11. The van der Waals surface area contributed by atoms with Gasteiger partial charge < -0.3 is 19.6 Å². The number of hydrogen-bond donors (Lipinski definition) is 1. The van der Waals surface area contributed by atoms with Gasteiger partial charge >= 0.3 is 12.1 Å². The molecule has 0 bridgehead atoms. The van der Waals surface area contributed by atoms with Crippen LogP contribution >= 0.6 is 0 Å². The van der Waals surface area contributed by atoms with Crippen molar-refractivity contribution >= 4 is 34.6 Å². The van der Waals surface area contributed by atoms with E-state index in [0.717, 1.165) is 0 Å². The molecule has 3 rings (SSSR count). The largest absolute Gasteiger partial charge is 0.480 e. The second-order valence-corrected chi connectivity index (χ2v) is 7.63. The molecule has 1 aromatic heterocycles. The molecule has 1 N–H and O–H groups in total. The third-order valence-electron chi connectivity index (χ3n) is 4.34. The summed E-state index contributed by atoms with van der Waals surface area (Å²) in [4.78, 5) is 46.0. The van der Waals surface area contributed by atoms with Crippen LogP contribution in [-0.2, 0) is 9.53 Å². The lowest BCUT2D eigenvalue weighted by Gasteiger charge is -2.40. The molecule has 1 amide bonds. The van der Waals surface area contributed by atoms with Gasteiger partial charge in [-0.25, -0.2) is 14.6 Å². The molecular weight excluding hydrogens is 382 g/mol. The van der Waals surface area contributed by atoms with E-state index in [2.05, 4.69) is 9.97 Å². The predicted octanol–water partition coefficient (Wildman–Crippen LogP) is 2.05. The highest BCUT2D eigenvalue weighted by Crippen LogP contribution is 2.24. The average Bonchev–Trinajstić information content (AvgIpc) is 2.65. The van der Waals surface area contributed by atoms with Crippen LogP contribution in [0.15, 0.2) is 24.4 Å². The van der Waals surface area contributed by atoms with Gasteiger partial charge in [-0.3, -0.25) is 15.1 Å². The Balaban J connectivity index is 1.84. The summed E-state index contributed by atoms with van der Waals surface area (Å²) in [5, 5.41) is 20.6. The van der Waals surface area contributed by atoms with E-state index in [-0.39, 0.29) is 25.3 Å². The minimum Gasteiger partial charge on any atom is -0.480 e. The van der Waals surface area contributed by atoms with Gasteiger partial charge in [-0.2, -0.15) is 0 Å². The number of carbonyl (C=O) groups excluding carboxylic acids is 1. The number of benzene rings is 1. The normalized spacial score (nSPS) is 17.3. The molecule has 1 atom stereocenters. The number of anilines is 1. The molecule has 11 heteroatoms. The Morgan fingerprint density at radius 3 is 2.62 bits per heavy atom. The Bertz CT molecular complexity index is 973. The first-order chi connectivity index (χ1) is 13.5. The zero-order chi connectivity index (χ0) is 21.3. The van der Waals surface area contributed by atoms with Gasteiger partial charge in [0.25, 0.3) is 5.69 Å². The van der Waals surface area contributed by atoms with Crippen molar-refractivity contribution in [3.8, 4) is 0 Å². The molecule has 0 aliphatic carbocycles. The van der Waals surface area contributed by atoms with Crippen LogP contribution in [0.2, 0.25) is 0 Å². The number of piperazine rings is 1. The van der Waals surface area contributed by atoms with Crippen molar-refractivity contribution in [3.63, 3.8) is 0 Å². The summed E-state index contributed by atoms with van der Waals surface area (Å²) in [6, 6.07) is 3.06. The maximum absolute atomic E-state index is 12.3. The maximum atomic E-state index is 12.3. The summed E-state index contributed by atoms with van der Waals surface area (Å²) in [7, 11) is 0. The smallest absolute Gasteiger partial charge is 0.410 e. The number of ether oxygens (including phenoxy) is 1. The number of carbonyl (C=O) groups is 2. The van der Waals surface area contributed by atoms with E-state index in [4.69, 9.17) is 4.74 Å². The minimum absolute atomic E-state index is 0.0653. The lowest BCUT2D eigenvalue weighted by atomic mass is 10.1. The molecule has 2 aromatic rings. The summed E-state index contributed by atoms with van der Waals surface area (Å²) >= 11 is 0. The molecule has 2 heterocycles. The van der Waals surface area contributed by atoms with Gasteiger partial charge in [-0.05, 0) is 26.8 Å². The fourth-order valence-electron chi connectivity index (χ4n) is 3.00. The molecular formula is C18H21N5O6. The number of aliphatic carboxylic acids is 1. The third kappa shape index (κ3) is 4.50. The molecule has 29 heavy (non-hydrogen) atoms. The number of nitro groups is 1. The number of rotatable bonds is 3. The van der Waals surface area contributed by atoms with Gasteiger partial charge in [-0.1, -0.05) is 0 Å². The Labute approximate surface area is 166 Å². The number of nitrogens with zero attached hydrogens (tertiary/aromatic N) is 5. The number of hydrogen-bond acceptors (Lipinski definition) is 8. The zero-order valence-electron chi connectivity index (χ0n) is 16.2. The Hall–Kier alpha value is -3.50. The van der Waals surface area contributed by atoms with Crippen molar-refractivity contribution in [1.82, 2.24) is 14.9 Å². The van der Waals surface area contributed by atoms with E-state index >= 15 is 0 Å². The molecule has 1 aliphatic rings. The highest BCUT2D eigenvalue weighted by Gasteiger charge is 2.36. The van der Waals surface area contributed by atoms with E-state index in [0.29, 0.717) is 16.9 Å². The predicted molar refractivity (Wildman–Crippen MR) is 103 cm³/mol. The molecule has 11 nitrogen and oxygen atoms in total.